The van der Waals surface area contributed by atoms with E-state index in [1.54, 1.807) is 0 Å². The van der Waals surface area contributed by atoms with Crippen LogP contribution in [0.4, 0.5) is 5.69 Å². The third-order valence-electron chi connectivity index (χ3n) is 2.37. The van der Waals surface area contributed by atoms with Gasteiger partial charge >= 0.3 is 5.97 Å². The summed E-state index contributed by atoms with van der Waals surface area (Å²) in [7, 11) is 5.15. The second-order valence-electron chi connectivity index (χ2n) is 3.78. The average molecular weight is 236 g/mol. The van der Waals surface area contributed by atoms with Gasteiger partial charge in [0.05, 0.1) is 7.11 Å². The molecule has 0 aliphatic heterocycles. The van der Waals surface area contributed by atoms with Crippen molar-refractivity contribution in [2.75, 3.05) is 26.1 Å². The monoisotopic (exact) mass is 236 g/mol. The van der Waals surface area contributed by atoms with E-state index < -0.39 is 5.97 Å². The van der Waals surface area contributed by atoms with E-state index in [2.05, 4.69) is 9.89 Å². The van der Waals surface area contributed by atoms with E-state index >= 15 is 0 Å². The second-order valence-corrected chi connectivity index (χ2v) is 3.78. The summed E-state index contributed by atoms with van der Waals surface area (Å²) in [5.74, 6) is -0.621. The highest BCUT2D eigenvalue weighted by atomic mass is 16.5. The van der Waals surface area contributed by atoms with E-state index in [4.69, 9.17) is 5.21 Å². The Bertz CT molecular complexity index is 410. The highest BCUT2D eigenvalue weighted by Crippen LogP contribution is 2.13. The molecule has 92 valence electrons. The predicted molar refractivity (Wildman–Crippen MR) is 65.7 cm³/mol. The molecule has 1 N–H and O–H groups in total. The molecule has 0 amide bonds. The summed E-state index contributed by atoms with van der Waals surface area (Å²) < 4.78 is 4.50. The molecule has 0 saturated carbocycles. The quantitative estimate of drug-likeness (QED) is 0.370. The molecule has 0 aromatic heterocycles. The Morgan fingerprint density at radius 1 is 1.35 bits per heavy atom. The number of ether oxygens (including phenoxy) is 1. The lowest BCUT2D eigenvalue weighted by molar-refractivity contribution is -0.132. The van der Waals surface area contributed by atoms with Gasteiger partial charge in [-0.2, -0.15) is 0 Å². The van der Waals surface area contributed by atoms with Gasteiger partial charge in [-0.1, -0.05) is 17.3 Å². The fourth-order valence-corrected chi connectivity index (χ4v) is 1.37. The van der Waals surface area contributed by atoms with Gasteiger partial charge in [-0.3, -0.25) is 0 Å². The fourth-order valence-electron chi connectivity index (χ4n) is 1.37. The zero-order valence-corrected chi connectivity index (χ0v) is 10.2. The molecule has 0 fully saturated rings. The highest BCUT2D eigenvalue weighted by Gasteiger charge is 2.13. The van der Waals surface area contributed by atoms with Crippen molar-refractivity contribution in [3.63, 3.8) is 0 Å². The Hall–Kier alpha value is -2.04. The van der Waals surface area contributed by atoms with E-state index in [-0.39, 0.29) is 12.1 Å². The van der Waals surface area contributed by atoms with Gasteiger partial charge in [0.15, 0.2) is 5.71 Å². The Labute approximate surface area is 100 Å². The summed E-state index contributed by atoms with van der Waals surface area (Å²) in [5, 5.41) is 11.7. The third-order valence-corrected chi connectivity index (χ3v) is 2.37. The van der Waals surface area contributed by atoms with Crippen molar-refractivity contribution in [3.8, 4) is 0 Å². The molecule has 1 rings (SSSR count). The normalized spacial score (nSPS) is 11.1. The number of hydrogen-bond acceptors (Lipinski definition) is 5. The number of nitrogens with zero attached hydrogens (tertiary/aromatic N) is 2. The van der Waals surface area contributed by atoms with Crippen LogP contribution in [0.25, 0.3) is 0 Å². The van der Waals surface area contributed by atoms with Crippen LogP contribution in [0.15, 0.2) is 29.4 Å². The van der Waals surface area contributed by atoms with Crippen molar-refractivity contribution in [1.29, 1.82) is 0 Å². The van der Waals surface area contributed by atoms with Crippen molar-refractivity contribution in [2.24, 2.45) is 5.16 Å². The lowest BCUT2D eigenvalue weighted by Crippen LogP contribution is -2.18. The van der Waals surface area contributed by atoms with E-state index in [1.165, 1.54) is 7.11 Å². The Morgan fingerprint density at radius 2 is 1.94 bits per heavy atom. The molecular formula is C12H16N2O3. The number of oxime groups is 1. The Morgan fingerprint density at radius 3 is 2.35 bits per heavy atom. The number of benzene rings is 1. The maximum absolute atomic E-state index is 11.2. The van der Waals surface area contributed by atoms with Crippen LogP contribution in [-0.4, -0.2) is 38.1 Å². The molecule has 0 saturated heterocycles. The van der Waals surface area contributed by atoms with Crippen LogP contribution in [0.5, 0.6) is 0 Å². The molecule has 0 aliphatic rings. The molecule has 0 bridgehead atoms. The van der Waals surface area contributed by atoms with Gasteiger partial charge in [0.1, 0.15) is 0 Å². The van der Waals surface area contributed by atoms with Gasteiger partial charge in [0.2, 0.25) is 0 Å². The predicted octanol–water partition coefficient (Wildman–Crippen LogP) is 1.30. The SMILES string of the molecule is COC(=O)/C(Cc1ccc(N(C)C)cc1)=N/O. The van der Waals surface area contributed by atoms with Crippen LogP contribution in [-0.2, 0) is 16.0 Å². The molecule has 1 aromatic rings. The number of esters is 1. The first-order chi connectivity index (χ1) is 8.08. The minimum absolute atomic E-state index is 0.00916. The smallest absolute Gasteiger partial charge is 0.356 e. The minimum atomic E-state index is -0.621. The molecule has 0 radical (unpaired) electrons. The van der Waals surface area contributed by atoms with Crippen LogP contribution in [0.2, 0.25) is 0 Å². The molecule has 0 unspecified atom stereocenters. The van der Waals surface area contributed by atoms with Crippen molar-refractivity contribution >= 4 is 17.4 Å². The van der Waals surface area contributed by atoms with Gasteiger partial charge in [0.25, 0.3) is 0 Å². The molecule has 5 heteroatoms. The standard InChI is InChI=1S/C12H16N2O3/c1-14(2)10-6-4-9(5-7-10)8-11(13-16)12(15)17-3/h4-7,16H,8H2,1-3H3/b13-11+. The lowest BCUT2D eigenvalue weighted by Gasteiger charge is -2.12. The Balaban J connectivity index is 2.78. The largest absolute Gasteiger partial charge is 0.464 e. The molecule has 0 aliphatic carbocycles. The maximum atomic E-state index is 11.2. The van der Waals surface area contributed by atoms with Crippen LogP contribution < -0.4 is 4.90 Å². The molecule has 0 atom stereocenters. The van der Waals surface area contributed by atoms with Crippen LogP contribution in [0.1, 0.15) is 5.56 Å². The first kappa shape index (κ1) is 13.0. The Kier molecular flexibility index (Phi) is 4.51. The van der Waals surface area contributed by atoms with Gasteiger partial charge in [-0.05, 0) is 17.7 Å². The topological polar surface area (TPSA) is 62.1 Å². The van der Waals surface area contributed by atoms with E-state index in [9.17, 15) is 4.79 Å². The summed E-state index contributed by atoms with van der Waals surface area (Å²) in [5.41, 5.74) is 1.94. The highest BCUT2D eigenvalue weighted by molar-refractivity contribution is 6.36. The van der Waals surface area contributed by atoms with E-state index in [0.717, 1.165) is 11.3 Å². The zero-order valence-electron chi connectivity index (χ0n) is 10.2. The van der Waals surface area contributed by atoms with Gasteiger partial charge in [-0.15, -0.1) is 0 Å². The molecule has 17 heavy (non-hydrogen) atoms. The first-order valence-electron chi connectivity index (χ1n) is 5.14. The summed E-state index contributed by atoms with van der Waals surface area (Å²) in [4.78, 5) is 13.2. The number of methoxy groups -OCH3 is 1. The summed E-state index contributed by atoms with van der Waals surface area (Å²) >= 11 is 0. The summed E-state index contributed by atoms with van der Waals surface area (Å²) in [6, 6.07) is 7.62. The summed E-state index contributed by atoms with van der Waals surface area (Å²) in [6.45, 7) is 0. The van der Waals surface area contributed by atoms with Crippen molar-refractivity contribution in [2.45, 2.75) is 6.42 Å². The third kappa shape index (κ3) is 3.48. The van der Waals surface area contributed by atoms with Crippen LogP contribution >= 0.6 is 0 Å². The molecule has 5 nitrogen and oxygen atoms in total. The van der Waals surface area contributed by atoms with Gasteiger partial charge in [0, 0.05) is 26.2 Å². The van der Waals surface area contributed by atoms with E-state index in [1.807, 2.05) is 43.3 Å². The van der Waals surface area contributed by atoms with E-state index in [0.29, 0.717) is 0 Å². The first-order valence-corrected chi connectivity index (χ1v) is 5.14. The molecular weight excluding hydrogens is 220 g/mol. The van der Waals surface area contributed by atoms with Gasteiger partial charge < -0.3 is 14.8 Å². The van der Waals surface area contributed by atoms with Crippen molar-refractivity contribution in [3.05, 3.63) is 29.8 Å². The number of rotatable bonds is 4. The number of carbonyl (C=O) groups is 1. The zero-order chi connectivity index (χ0) is 12.8. The molecule has 0 spiro atoms. The van der Waals surface area contributed by atoms with Crippen molar-refractivity contribution < 1.29 is 14.7 Å². The summed E-state index contributed by atoms with van der Waals surface area (Å²) in [6.07, 6.45) is 0.247. The van der Waals surface area contributed by atoms with Crippen LogP contribution in [0, 0.1) is 0 Å². The van der Waals surface area contributed by atoms with Gasteiger partial charge in [-0.25, -0.2) is 4.79 Å². The molecule has 1 aromatic carbocycles. The number of anilines is 1. The van der Waals surface area contributed by atoms with Crippen molar-refractivity contribution in [1.82, 2.24) is 0 Å². The number of carbonyl (C=O) groups excluding carboxylic acids is 1. The second kappa shape index (κ2) is 5.89. The number of hydrogen-bond donors (Lipinski definition) is 1. The molecule has 0 heterocycles. The fraction of sp³-hybridized carbons (Fsp3) is 0.333. The average Bonchev–Trinajstić information content (AvgIpc) is 2.35. The lowest BCUT2D eigenvalue weighted by atomic mass is 10.1. The van der Waals surface area contributed by atoms with Crippen LogP contribution in [0.3, 0.4) is 0 Å². The minimum Gasteiger partial charge on any atom is -0.464 e. The maximum Gasteiger partial charge on any atom is 0.356 e.